The minimum atomic E-state index is 0. The standard InChI is InChI=1S/C28H39N5.2ClH/c1-5-7-14-31-16-18-32(19-17-31)15-8-9-24-10-12-25(13-11-24)21-33-26(6-2)30-27-22(3)20-23(4)29-28(27)33;;/h8-13,20H,5-7,14-19,21H2,1-4H3;2*1H. The third-order valence-electron chi connectivity index (χ3n) is 6.70. The highest BCUT2D eigenvalue weighted by Gasteiger charge is 2.15. The fourth-order valence-corrected chi connectivity index (χ4v) is 4.72. The van der Waals surface area contributed by atoms with Crippen LogP contribution in [0.25, 0.3) is 17.2 Å². The summed E-state index contributed by atoms with van der Waals surface area (Å²) >= 11 is 0. The van der Waals surface area contributed by atoms with E-state index in [1.807, 2.05) is 0 Å². The van der Waals surface area contributed by atoms with Crippen LogP contribution in [0.1, 0.15) is 54.9 Å². The summed E-state index contributed by atoms with van der Waals surface area (Å²) in [6, 6.07) is 11.0. The molecule has 0 bridgehead atoms. The topological polar surface area (TPSA) is 37.2 Å². The average molecular weight is 519 g/mol. The van der Waals surface area contributed by atoms with Crippen molar-refractivity contribution < 1.29 is 0 Å². The van der Waals surface area contributed by atoms with Crippen molar-refractivity contribution in [1.82, 2.24) is 24.3 Å². The molecule has 3 aromatic rings. The van der Waals surface area contributed by atoms with Crippen LogP contribution in [0, 0.1) is 13.8 Å². The highest BCUT2D eigenvalue weighted by Crippen LogP contribution is 2.21. The predicted octanol–water partition coefficient (Wildman–Crippen LogP) is 5.93. The van der Waals surface area contributed by atoms with Gasteiger partial charge in [-0.1, -0.05) is 56.7 Å². The Hall–Kier alpha value is -1.92. The van der Waals surface area contributed by atoms with Crippen molar-refractivity contribution in [3.8, 4) is 0 Å². The normalized spacial score (nSPS) is 14.9. The summed E-state index contributed by atoms with van der Waals surface area (Å²) in [7, 11) is 0. The minimum absolute atomic E-state index is 0. The third-order valence-corrected chi connectivity index (χ3v) is 6.70. The molecule has 0 amide bonds. The number of benzene rings is 1. The van der Waals surface area contributed by atoms with Gasteiger partial charge in [0.1, 0.15) is 11.3 Å². The minimum Gasteiger partial charge on any atom is -0.308 e. The van der Waals surface area contributed by atoms with Crippen LogP contribution in [0.5, 0.6) is 0 Å². The van der Waals surface area contributed by atoms with E-state index in [1.54, 1.807) is 0 Å². The lowest BCUT2D eigenvalue weighted by molar-refractivity contribution is 0.141. The molecule has 2 aromatic heterocycles. The van der Waals surface area contributed by atoms with Crippen molar-refractivity contribution in [1.29, 1.82) is 0 Å². The molecule has 0 saturated carbocycles. The number of nitrogens with zero attached hydrogens (tertiary/aromatic N) is 5. The summed E-state index contributed by atoms with van der Waals surface area (Å²) in [6.45, 7) is 16.5. The van der Waals surface area contributed by atoms with Crippen LogP contribution in [-0.2, 0) is 13.0 Å². The molecule has 0 spiro atoms. The SMILES string of the molecule is CCCCN1CCN(CC=Cc2ccc(Cn3c(CC)nc4c(C)cc(C)nc43)cc2)CC1.Cl.Cl. The van der Waals surface area contributed by atoms with Crippen LogP contribution in [-0.4, -0.2) is 63.6 Å². The van der Waals surface area contributed by atoms with Gasteiger partial charge >= 0.3 is 0 Å². The molecule has 1 aliphatic rings. The Bertz CT molecular complexity index is 1080. The summed E-state index contributed by atoms with van der Waals surface area (Å²) in [6.07, 6.45) is 8.08. The van der Waals surface area contributed by atoms with Crippen LogP contribution < -0.4 is 0 Å². The second-order valence-corrected chi connectivity index (χ2v) is 9.36. The van der Waals surface area contributed by atoms with Crippen molar-refractivity contribution in [2.45, 2.75) is 53.5 Å². The zero-order valence-electron chi connectivity index (χ0n) is 21.7. The second-order valence-electron chi connectivity index (χ2n) is 9.36. The Morgan fingerprint density at radius 1 is 0.914 bits per heavy atom. The Kier molecular flexibility index (Phi) is 11.7. The molecule has 35 heavy (non-hydrogen) atoms. The first-order valence-corrected chi connectivity index (χ1v) is 12.6. The summed E-state index contributed by atoms with van der Waals surface area (Å²) in [5.41, 5.74) is 6.83. The zero-order valence-corrected chi connectivity index (χ0v) is 23.3. The lowest BCUT2D eigenvalue weighted by Crippen LogP contribution is -2.46. The fraction of sp³-hybridized carbons (Fsp3) is 0.500. The van der Waals surface area contributed by atoms with Crippen LogP contribution in [0.15, 0.2) is 36.4 Å². The summed E-state index contributed by atoms with van der Waals surface area (Å²) in [5.74, 6) is 1.10. The lowest BCUT2D eigenvalue weighted by atomic mass is 10.1. The number of fused-ring (bicyclic) bond motifs is 1. The maximum atomic E-state index is 4.87. The molecule has 1 fully saturated rings. The van der Waals surface area contributed by atoms with Crippen LogP contribution in [0.3, 0.4) is 0 Å². The van der Waals surface area contributed by atoms with E-state index in [1.165, 1.54) is 62.3 Å². The molecule has 3 heterocycles. The smallest absolute Gasteiger partial charge is 0.160 e. The highest BCUT2D eigenvalue weighted by atomic mass is 35.5. The van der Waals surface area contributed by atoms with Crippen molar-refractivity contribution in [3.05, 3.63) is 64.6 Å². The van der Waals surface area contributed by atoms with Gasteiger partial charge in [-0.05, 0) is 49.6 Å². The molecule has 5 nitrogen and oxygen atoms in total. The highest BCUT2D eigenvalue weighted by molar-refractivity contribution is 5.85. The van der Waals surface area contributed by atoms with E-state index >= 15 is 0 Å². The number of hydrogen-bond donors (Lipinski definition) is 0. The van der Waals surface area contributed by atoms with Gasteiger partial charge in [-0.3, -0.25) is 4.90 Å². The zero-order chi connectivity index (χ0) is 23.2. The van der Waals surface area contributed by atoms with Gasteiger partial charge in [-0.15, -0.1) is 24.8 Å². The van der Waals surface area contributed by atoms with E-state index in [0.717, 1.165) is 42.2 Å². The first-order chi connectivity index (χ1) is 16.1. The molecule has 7 heteroatoms. The van der Waals surface area contributed by atoms with E-state index in [4.69, 9.17) is 9.97 Å². The fourth-order valence-electron chi connectivity index (χ4n) is 4.72. The first-order valence-electron chi connectivity index (χ1n) is 12.6. The van der Waals surface area contributed by atoms with Gasteiger partial charge in [0.2, 0.25) is 0 Å². The van der Waals surface area contributed by atoms with Gasteiger partial charge in [-0.2, -0.15) is 0 Å². The molecule has 1 aliphatic heterocycles. The third kappa shape index (κ3) is 7.53. The Morgan fingerprint density at radius 2 is 1.60 bits per heavy atom. The number of aryl methyl sites for hydroxylation is 3. The van der Waals surface area contributed by atoms with Crippen molar-refractivity contribution in [2.24, 2.45) is 0 Å². The molecular formula is C28H41Cl2N5. The van der Waals surface area contributed by atoms with E-state index in [0.29, 0.717) is 0 Å². The number of unbranched alkanes of at least 4 members (excludes halogenated alkanes) is 1. The Morgan fingerprint density at radius 3 is 2.26 bits per heavy atom. The van der Waals surface area contributed by atoms with Gasteiger partial charge in [0, 0.05) is 44.8 Å². The van der Waals surface area contributed by atoms with E-state index < -0.39 is 0 Å². The number of piperazine rings is 1. The Labute approximate surface area is 223 Å². The van der Waals surface area contributed by atoms with Crippen molar-refractivity contribution in [2.75, 3.05) is 39.3 Å². The molecule has 1 saturated heterocycles. The summed E-state index contributed by atoms with van der Waals surface area (Å²) in [5, 5.41) is 0. The largest absolute Gasteiger partial charge is 0.308 e. The molecule has 0 aliphatic carbocycles. The van der Waals surface area contributed by atoms with Crippen LogP contribution in [0.4, 0.5) is 0 Å². The van der Waals surface area contributed by atoms with Crippen LogP contribution in [0.2, 0.25) is 0 Å². The number of imidazole rings is 1. The van der Waals surface area contributed by atoms with E-state index in [9.17, 15) is 0 Å². The van der Waals surface area contributed by atoms with Crippen molar-refractivity contribution in [3.63, 3.8) is 0 Å². The predicted molar refractivity (Wildman–Crippen MR) is 153 cm³/mol. The molecule has 1 aromatic carbocycles. The van der Waals surface area contributed by atoms with Crippen LogP contribution >= 0.6 is 24.8 Å². The number of halogens is 2. The van der Waals surface area contributed by atoms with E-state index in [-0.39, 0.29) is 24.8 Å². The quantitative estimate of drug-likeness (QED) is 0.352. The van der Waals surface area contributed by atoms with Gasteiger partial charge in [0.05, 0.1) is 6.54 Å². The van der Waals surface area contributed by atoms with Crippen molar-refractivity contribution >= 4 is 42.1 Å². The monoisotopic (exact) mass is 517 g/mol. The summed E-state index contributed by atoms with van der Waals surface area (Å²) < 4.78 is 2.28. The second kappa shape index (κ2) is 14.0. The average Bonchev–Trinajstić information content (AvgIpc) is 3.17. The maximum absolute atomic E-state index is 4.87. The molecule has 0 N–H and O–H groups in total. The molecule has 192 valence electrons. The maximum Gasteiger partial charge on any atom is 0.160 e. The number of hydrogen-bond acceptors (Lipinski definition) is 4. The molecule has 0 atom stereocenters. The molecular weight excluding hydrogens is 477 g/mol. The van der Waals surface area contributed by atoms with Gasteiger partial charge in [0.15, 0.2) is 5.65 Å². The van der Waals surface area contributed by atoms with E-state index in [2.05, 4.69) is 84.5 Å². The lowest BCUT2D eigenvalue weighted by Gasteiger charge is -2.34. The summed E-state index contributed by atoms with van der Waals surface area (Å²) in [4.78, 5) is 14.8. The Balaban J connectivity index is 0.00000216. The van der Waals surface area contributed by atoms with Gasteiger partial charge in [-0.25, -0.2) is 9.97 Å². The first kappa shape index (κ1) is 29.3. The molecule has 0 radical (unpaired) electrons. The van der Waals surface area contributed by atoms with Gasteiger partial charge in [0.25, 0.3) is 0 Å². The number of pyridine rings is 1. The molecule has 4 rings (SSSR count). The number of rotatable bonds is 9. The van der Waals surface area contributed by atoms with Gasteiger partial charge < -0.3 is 9.47 Å². The number of aromatic nitrogens is 3. The molecule has 0 unspecified atom stereocenters.